The second-order valence-electron chi connectivity index (χ2n) is 4.33. The summed E-state index contributed by atoms with van der Waals surface area (Å²) < 4.78 is 26.6. The summed E-state index contributed by atoms with van der Waals surface area (Å²) in [6.07, 6.45) is -0.0135. The van der Waals surface area contributed by atoms with Gasteiger partial charge in [-0.2, -0.15) is 0 Å². The average Bonchev–Trinajstić information content (AvgIpc) is 2.36. The van der Waals surface area contributed by atoms with Crippen molar-refractivity contribution in [1.29, 1.82) is 0 Å². The predicted molar refractivity (Wildman–Crippen MR) is 70.6 cm³/mol. The van der Waals surface area contributed by atoms with Crippen molar-refractivity contribution in [2.45, 2.75) is 13.3 Å². The molecule has 19 heavy (non-hydrogen) atoms. The molecule has 2 rings (SSSR count). The SMILES string of the molecule is Cc1ccc(F)c(C(=O)Cc2ccc(F)c(Cl)c2)c1. The molecule has 0 atom stereocenters. The highest BCUT2D eigenvalue weighted by atomic mass is 35.5. The molecule has 1 nitrogen and oxygen atoms in total. The van der Waals surface area contributed by atoms with E-state index in [1.165, 1.54) is 30.3 Å². The van der Waals surface area contributed by atoms with E-state index < -0.39 is 11.6 Å². The van der Waals surface area contributed by atoms with Crippen molar-refractivity contribution in [2.75, 3.05) is 0 Å². The summed E-state index contributed by atoms with van der Waals surface area (Å²) in [4.78, 5) is 12.0. The Balaban J connectivity index is 2.25. The van der Waals surface area contributed by atoms with Crippen LogP contribution in [0.3, 0.4) is 0 Å². The van der Waals surface area contributed by atoms with Crippen molar-refractivity contribution in [3.05, 3.63) is 69.7 Å². The van der Waals surface area contributed by atoms with Crippen LogP contribution < -0.4 is 0 Å². The number of halogens is 3. The Labute approximate surface area is 114 Å². The zero-order chi connectivity index (χ0) is 14.0. The first kappa shape index (κ1) is 13.7. The number of Topliss-reactive ketones (excluding diaryl/α,β-unsaturated/α-hetero) is 1. The first-order valence-corrected chi connectivity index (χ1v) is 6.08. The standard InChI is InChI=1S/C15H11ClF2O/c1-9-2-4-13(17)11(6-9)15(19)8-10-3-5-14(18)12(16)7-10/h2-7H,8H2,1H3. The monoisotopic (exact) mass is 280 g/mol. The van der Waals surface area contributed by atoms with E-state index >= 15 is 0 Å². The van der Waals surface area contributed by atoms with Crippen LogP contribution in [0.1, 0.15) is 21.5 Å². The van der Waals surface area contributed by atoms with Crippen LogP contribution in [0.15, 0.2) is 36.4 Å². The molecule has 0 bridgehead atoms. The topological polar surface area (TPSA) is 17.1 Å². The molecule has 0 aliphatic rings. The molecule has 0 heterocycles. The van der Waals surface area contributed by atoms with Gasteiger partial charge < -0.3 is 0 Å². The van der Waals surface area contributed by atoms with Gasteiger partial charge in [0.05, 0.1) is 10.6 Å². The fourth-order valence-corrected chi connectivity index (χ4v) is 1.99. The molecule has 0 spiro atoms. The molecule has 4 heteroatoms. The van der Waals surface area contributed by atoms with E-state index in [0.29, 0.717) is 5.56 Å². The maximum absolute atomic E-state index is 13.6. The van der Waals surface area contributed by atoms with Crippen molar-refractivity contribution < 1.29 is 13.6 Å². The van der Waals surface area contributed by atoms with Crippen LogP contribution in [0.25, 0.3) is 0 Å². The van der Waals surface area contributed by atoms with Crippen molar-refractivity contribution in [1.82, 2.24) is 0 Å². The molecule has 0 N–H and O–H groups in total. The lowest BCUT2D eigenvalue weighted by atomic mass is 10.0. The summed E-state index contributed by atoms with van der Waals surface area (Å²) in [6, 6.07) is 8.40. The Bertz CT molecular complexity index is 638. The lowest BCUT2D eigenvalue weighted by Crippen LogP contribution is -2.06. The smallest absolute Gasteiger partial charge is 0.170 e. The molecule has 2 aromatic carbocycles. The van der Waals surface area contributed by atoms with Crippen LogP contribution in [-0.2, 0) is 6.42 Å². The number of carbonyl (C=O) groups is 1. The molecule has 0 saturated carbocycles. The maximum Gasteiger partial charge on any atom is 0.170 e. The van der Waals surface area contributed by atoms with Gasteiger partial charge >= 0.3 is 0 Å². The zero-order valence-electron chi connectivity index (χ0n) is 10.2. The van der Waals surface area contributed by atoms with E-state index in [-0.39, 0.29) is 22.8 Å². The fourth-order valence-electron chi connectivity index (χ4n) is 1.78. The Kier molecular flexibility index (Phi) is 3.96. The molecule has 0 aromatic heterocycles. The highest BCUT2D eigenvalue weighted by Crippen LogP contribution is 2.18. The molecule has 0 fully saturated rings. The van der Waals surface area contributed by atoms with Crippen LogP contribution in [0.5, 0.6) is 0 Å². The molecule has 2 aromatic rings. The molecule has 0 saturated heterocycles. The van der Waals surface area contributed by atoms with Gasteiger partial charge in [-0.3, -0.25) is 4.79 Å². The average molecular weight is 281 g/mol. The minimum Gasteiger partial charge on any atom is -0.294 e. The summed E-state index contributed by atoms with van der Waals surface area (Å²) in [7, 11) is 0. The van der Waals surface area contributed by atoms with E-state index in [1.807, 2.05) is 0 Å². The Hall–Kier alpha value is -1.74. The Morgan fingerprint density at radius 2 is 1.79 bits per heavy atom. The number of aryl methyl sites for hydroxylation is 1. The number of carbonyl (C=O) groups excluding carboxylic acids is 1. The summed E-state index contributed by atoms with van der Waals surface area (Å²) in [5.74, 6) is -1.45. The zero-order valence-corrected chi connectivity index (χ0v) is 11.0. The van der Waals surface area contributed by atoms with Crippen molar-refractivity contribution >= 4 is 17.4 Å². The van der Waals surface area contributed by atoms with Crippen LogP contribution in [0, 0.1) is 18.6 Å². The fraction of sp³-hybridized carbons (Fsp3) is 0.133. The second kappa shape index (κ2) is 5.49. The summed E-state index contributed by atoms with van der Waals surface area (Å²) in [5, 5.41) is -0.0463. The summed E-state index contributed by atoms with van der Waals surface area (Å²) in [5.41, 5.74) is 1.40. The van der Waals surface area contributed by atoms with Gasteiger partial charge in [0.1, 0.15) is 11.6 Å². The number of hydrogen-bond donors (Lipinski definition) is 0. The predicted octanol–water partition coefficient (Wildman–Crippen LogP) is 4.35. The lowest BCUT2D eigenvalue weighted by molar-refractivity contribution is 0.0989. The van der Waals surface area contributed by atoms with Crippen LogP contribution in [0.4, 0.5) is 8.78 Å². The molecule has 0 amide bonds. The Morgan fingerprint density at radius 3 is 2.47 bits per heavy atom. The molecular weight excluding hydrogens is 270 g/mol. The molecule has 0 aliphatic carbocycles. The number of rotatable bonds is 3. The highest BCUT2D eigenvalue weighted by molar-refractivity contribution is 6.30. The van der Waals surface area contributed by atoms with Crippen LogP contribution >= 0.6 is 11.6 Å². The van der Waals surface area contributed by atoms with Gasteiger partial charge in [-0.05, 0) is 36.8 Å². The quantitative estimate of drug-likeness (QED) is 0.764. The summed E-state index contributed by atoms with van der Waals surface area (Å²) in [6.45, 7) is 1.78. The molecule has 0 unspecified atom stereocenters. The van der Waals surface area contributed by atoms with Crippen molar-refractivity contribution in [3.63, 3.8) is 0 Å². The van der Waals surface area contributed by atoms with Crippen LogP contribution in [0.2, 0.25) is 5.02 Å². The second-order valence-corrected chi connectivity index (χ2v) is 4.74. The van der Waals surface area contributed by atoms with Gasteiger partial charge in [0.25, 0.3) is 0 Å². The van der Waals surface area contributed by atoms with Crippen molar-refractivity contribution in [3.8, 4) is 0 Å². The number of hydrogen-bond acceptors (Lipinski definition) is 1. The lowest BCUT2D eigenvalue weighted by Gasteiger charge is -2.05. The maximum atomic E-state index is 13.6. The van der Waals surface area contributed by atoms with E-state index in [0.717, 1.165) is 5.56 Å². The molecular formula is C15H11ClF2O. The van der Waals surface area contributed by atoms with E-state index in [1.54, 1.807) is 13.0 Å². The van der Waals surface area contributed by atoms with Crippen LogP contribution in [-0.4, -0.2) is 5.78 Å². The first-order valence-electron chi connectivity index (χ1n) is 5.70. The molecule has 98 valence electrons. The van der Waals surface area contributed by atoms with Gasteiger partial charge in [0, 0.05) is 6.42 Å². The van der Waals surface area contributed by atoms with Gasteiger partial charge in [-0.15, -0.1) is 0 Å². The number of ketones is 1. The first-order chi connectivity index (χ1) is 8.97. The third-order valence-corrected chi connectivity index (χ3v) is 3.06. The van der Waals surface area contributed by atoms with Gasteiger partial charge in [0.15, 0.2) is 5.78 Å². The minimum atomic E-state index is -0.552. The van der Waals surface area contributed by atoms with Gasteiger partial charge in [0.2, 0.25) is 0 Å². The normalized spacial score (nSPS) is 10.5. The molecule has 0 aliphatic heterocycles. The van der Waals surface area contributed by atoms with Crippen molar-refractivity contribution in [2.24, 2.45) is 0 Å². The van der Waals surface area contributed by atoms with Gasteiger partial charge in [-0.25, -0.2) is 8.78 Å². The highest BCUT2D eigenvalue weighted by Gasteiger charge is 2.13. The Morgan fingerprint density at radius 1 is 1.11 bits per heavy atom. The van der Waals surface area contributed by atoms with E-state index in [4.69, 9.17) is 11.6 Å². The largest absolute Gasteiger partial charge is 0.294 e. The molecule has 0 radical (unpaired) electrons. The summed E-state index contributed by atoms with van der Waals surface area (Å²) >= 11 is 5.64. The van der Waals surface area contributed by atoms with E-state index in [9.17, 15) is 13.6 Å². The third kappa shape index (κ3) is 3.18. The van der Waals surface area contributed by atoms with Gasteiger partial charge in [-0.1, -0.05) is 29.3 Å². The minimum absolute atomic E-state index is 0.0135. The third-order valence-electron chi connectivity index (χ3n) is 2.77. The number of benzene rings is 2. The van der Waals surface area contributed by atoms with E-state index in [2.05, 4.69) is 0 Å².